The van der Waals surface area contributed by atoms with Crippen molar-refractivity contribution in [2.45, 2.75) is 84.0 Å². The zero-order valence-electron chi connectivity index (χ0n) is 13.7. The van der Waals surface area contributed by atoms with E-state index in [1.165, 1.54) is 90.1 Å². The predicted octanol–water partition coefficient (Wildman–Crippen LogP) is 5.76. The second kappa shape index (κ2) is 9.47. The minimum atomic E-state index is 0.879. The number of hydrogen-bond acceptors (Lipinski definition) is 1. The van der Waals surface area contributed by atoms with Crippen LogP contribution in [-0.2, 0) is 0 Å². The Bertz CT molecular complexity index is 257. The molecule has 0 amide bonds. The SMILES string of the molecule is CCCCCC[C@H]1CC[C@H](C=CN2CCCCC2)CC1. The molecule has 0 bridgehead atoms. The van der Waals surface area contributed by atoms with Crippen molar-refractivity contribution in [1.29, 1.82) is 0 Å². The average molecular weight is 277 g/mol. The van der Waals surface area contributed by atoms with E-state index in [4.69, 9.17) is 0 Å². The molecule has 1 saturated carbocycles. The highest BCUT2D eigenvalue weighted by atomic mass is 15.1. The third-order valence-electron chi connectivity index (χ3n) is 5.32. The Morgan fingerprint density at radius 1 is 0.900 bits per heavy atom. The Morgan fingerprint density at radius 2 is 1.65 bits per heavy atom. The maximum Gasteiger partial charge on any atom is 0.0172 e. The van der Waals surface area contributed by atoms with Crippen LogP contribution in [0.3, 0.4) is 0 Å². The van der Waals surface area contributed by atoms with Gasteiger partial charge in [-0.1, -0.05) is 45.1 Å². The van der Waals surface area contributed by atoms with E-state index in [1.54, 1.807) is 0 Å². The number of nitrogens with zero attached hydrogens (tertiary/aromatic N) is 1. The second-order valence-electron chi connectivity index (χ2n) is 7.07. The van der Waals surface area contributed by atoms with Crippen molar-refractivity contribution in [1.82, 2.24) is 4.90 Å². The third kappa shape index (κ3) is 5.89. The molecule has 1 heterocycles. The zero-order chi connectivity index (χ0) is 14.0. The van der Waals surface area contributed by atoms with E-state index < -0.39 is 0 Å². The van der Waals surface area contributed by atoms with Gasteiger partial charge < -0.3 is 4.90 Å². The summed E-state index contributed by atoms with van der Waals surface area (Å²) in [5.41, 5.74) is 0. The van der Waals surface area contributed by atoms with E-state index in [0.717, 1.165) is 11.8 Å². The van der Waals surface area contributed by atoms with Crippen molar-refractivity contribution >= 4 is 0 Å². The van der Waals surface area contributed by atoms with Crippen LogP contribution in [0.2, 0.25) is 0 Å². The number of piperidine rings is 1. The number of likely N-dealkylation sites (tertiary alicyclic amines) is 1. The van der Waals surface area contributed by atoms with Crippen LogP contribution in [0.1, 0.15) is 84.0 Å². The highest BCUT2D eigenvalue weighted by Gasteiger charge is 2.19. The van der Waals surface area contributed by atoms with Gasteiger partial charge in [0.1, 0.15) is 0 Å². The van der Waals surface area contributed by atoms with E-state index in [-0.39, 0.29) is 0 Å². The van der Waals surface area contributed by atoms with Gasteiger partial charge in [0.2, 0.25) is 0 Å². The first kappa shape index (κ1) is 15.9. The molecule has 0 aromatic rings. The van der Waals surface area contributed by atoms with Crippen LogP contribution in [0, 0.1) is 11.8 Å². The van der Waals surface area contributed by atoms with Crippen LogP contribution in [0.15, 0.2) is 12.3 Å². The summed E-state index contributed by atoms with van der Waals surface area (Å²) in [5.74, 6) is 1.93. The van der Waals surface area contributed by atoms with Gasteiger partial charge in [0.05, 0.1) is 0 Å². The molecule has 0 spiro atoms. The smallest absolute Gasteiger partial charge is 0.0172 e. The molecule has 1 nitrogen and oxygen atoms in total. The molecule has 0 aromatic heterocycles. The maximum atomic E-state index is 2.54. The van der Waals surface area contributed by atoms with E-state index in [2.05, 4.69) is 24.1 Å². The molecule has 0 unspecified atom stereocenters. The molecule has 2 aliphatic rings. The van der Waals surface area contributed by atoms with Crippen LogP contribution >= 0.6 is 0 Å². The van der Waals surface area contributed by atoms with Gasteiger partial charge in [0.25, 0.3) is 0 Å². The van der Waals surface area contributed by atoms with Crippen LogP contribution in [0.5, 0.6) is 0 Å². The summed E-state index contributed by atoms with van der Waals surface area (Å²) < 4.78 is 0. The summed E-state index contributed by atoms with van der Waals surface area (Å²) in [6, 6.07) is 0. The lowest BCUT2D eigenvalue weighted by molar-refractivity contribution is 0.280. The molecule has 1 aliphatic heterocycles. The average Bonchev–Trinajstić information content (AvgIpc) is 2.52. The lowest BCUT2D eigenvalue weighted by Crippen LogP contribution is -2.24. The van der Waals surface area contributed by atoms with E-state index in [9.17, 15) is 0 Å². The minimum Gasteiger partial charge on any atom is -0.378 e. The summed E-state index contributed by atoms with van der Waals surface area (Å²) in [6.07, 6.45) is 22.3. The molecule has 1 aliphatic carbocycles. The monoisotopic (exact) mass is 277 g/mol. The highest BCUT2D eigenvalue weighted by molar-refractivity contribution is 4.91. The van der Waals surface area contributed by atoms with Crippen LogP contribution in [-0.4, -0.2) is 18.0 Å². The van der Waals surface area contributed by atoms with E-state index >= 15 is 0 Å². The Hall–Kier alpha value is -0.460. The summed E-state index contributed by atoms with van der Waals surface area (Å²) in [5, 5.41) is 0. The first-order valence-corrected chi connectivity index (χ1v) is 9.31. The van der Waals surface area contributed by atoms with Gasteiger partial charge in [-0.3, -0.25) is 0 Å². The third-order valence-corrected chi connectivity index (χ3v) is 5.32. The Kier molecular flexibility index (Phi) is 7.54. The summed E-state index contributed by atoms with van der Waals surface area (Å²) in [6.45, 7) is 4.90. The molecule has 2 fully saturated rings. The number of hydrogen-bond donors (Lipinski definition) is 0. The van der Waals surface area contributed by atoms with Gasteiger partial charge in [-0.15, -0.1) is 0 Å². The first-order valence-electron chi connectivity index (χ1n) is 9.31. The summed E-state index contributed by atoms with van der Waals surface area (Å²) in [4.78, 5) is 2.54. The Morgan fingerprint density at radius 3 is 2.35 bits per heavy atom. The fourth-order valence-electron chi connectivity index (χ4n) is 3.84. The molecular formula is C19H35N. The highest BCUT2D eigenvalue weighted by Crippen LogP contribution is 2.32. The maximum absolute atomic E-state index is 2.54. The van der Waals surface area contributed by atoms with Crippen molar-refractivity contribution in [3.8, 4) is 0 Å². The zero-order valence-corrected chi connectivity index (χ0v) is 13.7. The fraction of sp³-hybridized carbons (Fsp3) is 0.895. The fourth-order valence-corrected chi connectivity index (χ4v) is 3.84. The van der Waals surface area contributed by atoms with E-state index in [0.29, 0.717) is 0 Å². The number of unbranched alkanes of at least 4 members (excludes halogenated alkanes) is 3. The molecule has 0 aromatic carbocycles. The molecule has 0 N–H and O–H groups in total. The van der Waals surface area contributed by atoms with Gasteiger partial charge >= 0.3 is 0 Å². The van der Waals surface area contributed by atoms with Crippen molar-refractivity contribution < 1.29 is 0 Å². The first-order chi connectivity index (χ1) is 9.88. The summed E-state index contributed by atoms with van der Waals surface area (Å²) in [7, 11) is 0. The largest absolute Gasteiger partial charge is 0.378 e. The van der Waals surface area contributed by atoms with Gasteiger partial charge in [-0.05, 0) is 63.0 Å². The normalized spacial score (nSPS) is 28.1. The lowest BCUT2D eigenvalue weighted by atomic mass is 9.80. The molecule has 116 valence electrons. The number of rotatable bonds is 7. The molecule has 20 heavy (non-hydrogen) atoms. The molecule has 0 radical (unpaired) electrons. The van der Waals surface area contributed by atoms with Gasteiger partial charge in [0.15, 0.2) is 0 Å². The van der Waals surface area contributed by atoms with Gasteiger partial charge in [0, 0.05) is 13.1 Å². The van der Waals surface area contributed by atoms with Crippen LogP contribution < -0.4 is 0 Å². The van der Waals surface area contributed by atoms with Crippen LogP contribution in [0.25, 0.3) is 0 Å². The molecule has 2 rings (SSSR count). The molecular weight excluding hydrogens is 242 g/mol. The van der Waals surface area contributed by atoms with Gasteiger partial charge in [-0.2, -0.15) is 0 Å². The lowest BCUT2D eigenvalue weighted by Gasteiger charge is -2.29. The summed E-state index contributed by atoms with van der Waals surface area (Å²) >= 11 is 0. The van der Waals surface area contributed by atoms with Crippen molar-refractivity contribution in [2.24, 2.45) is 11.8 Å². The topological polar surface area (TPSA) is 3.24 Å². The molecule has 1 heteroatoms. The van der Waals surface area contributed by atoms with E-state index in [1.807, 2.05) is 0 Å². The quantitative estimate of drug-likeness (QED) is 0.534. The molecule has 1 saturated heterocycles. The van der Waals surface area contributed by atoms with Crippen LogP contribution in [0.4, 0.5) is 0 Å². The second-order valence-corrected chi connectivity index (χ2v) is 7.07. The minimum absolute atomic E-state index is 0.879. The van der Waals surface area contributed by atoms with Crippen molar-refractivity contribution in [3.05, 3.63) is 12.3 Å². The van der Waals surface area contributed by atoms with Crippen molar-refractivity contribution in [3.63, 3.8) is 0 Å². The number of allylic oxidation sites excluding steroid dienone is 1. The van der Waals surface area contributed by atoms with Gasteiger partial charge in [-0.25, -0.2) is 0 Å². The standard InChI is InChI=1S/C19H35N/c1-2-3-4-6-9-18-10-12-19(13-11-18)14-17-20-15-7-5-8-16-20/h14,17-19H,2-13,15-16H2,1H3/t18-,19-. The Labute approximate surface area is 126 Å². The predicted molar refractivity (Wildman–Crippen MR) is 88.8 cm³/mol. The van der Waals surface area contributed by atoms with Crippen molar-refractivity contribution in [2.75, 3.05) is 13.1 Å². The molecule has 0 atom stereocenters. The Balaban J connectivity index is 1.57.